The zero-order chi connectivity index (χ0) is 25.5. The maximum atomic E-state index is 13.6. The summed E-state index contributed by atoms with van der Waals surface area (Å²) < 4.78 is 13.7. The Morgan fingerprint density at radius 3 is 2.39 bits per heavy atom. The summed E-state index contributed by atoms with van der Waals surface area (Å²) >= 11 is 0. The largest absolute Gasteiger partial charge is 0.487 e. The predicted octanol–water partition coefficient (Wildman–Crippen LogP) is 3.65. The minimum Gasteiger partial charge on any atom is -0.487 e. The van der Waals surface area contributed by atoms with E-state index < -0.39 is 0 Å². The van der Waals surface area contributed by atoms with E-state index in [1.165, 1.54) is 0 Å². The molecule has 0 aliphatic carbocycles. The number of nitrogens with zero attached hydrogens (tertiary/aromatic N) is 3. The van der Waals surface area contributed by atoms with Crippen molar-refractivity contribution in [3.63, 3.8) is 0 Å². The van der Waals surface area contributed by atoms with Crippen LogP contribution in [0.1, 0.15) is 32.9 Å². The molecular weight excluding hydrogens is 454 g/mol. The van der Waals surface area contributed by atoms with Gasteiger partial charge in [0.15, 0.2) is 5.43 Å². The van der Waals surface area contributed by atoms with E-state index in [1.807, 2.05) is 68.4 Å². The highest BCUT2D eigenvalue weighted by Gasteiger charge is 2.24. The Balaban J connectivity index is 1.65. The number of carbonyl (C=O) groups excluding carboxylic acids is 1. The number of pyridine rings is 1. The van der Waals surface area contributed by atoms with Gasteiger partial charge in [-0.3, -0.25) is 14.5 Å². The second-order valence-electron chi connectivity index (χ2n) is 9.33. The normalized spacial score (nSPS) is 14.0. The van der Waals surface area contributed by atoms with Crippen LogP contribution in [0, 0.1) is 13.8 Å². The topological polar surface area (TPSA) is 64.0 Å². The van der Waals surface area contributed by atoms with Crippen LogP contribution in [-0.4, -0.2) is 60.2 Å². The van der Waals surface area contributed by atoms with Crippen molar-refractivity contribution in [2.24, 2.45) is 0 Å². The molecule has 1 saturated heterocycles. The second kappa shape index (κ2) is 12.0. The molecule has 36 heavy (non-hydrogen) atoms. The summed E-state index contributed by atoms with van der Waals surface area (Å²) in [6.45, 7) is 9.13. The summed E-state index contributed by atoms with van der Waals surface area (Å²) in [4.78, 5) is 30.8. The van der Waals surface area contributed by atoms with Gasteiger partial charge in [0.2, 0.25) is 0 Å². The van der Waals surface area contributed by atoms with Crippen molar-refractivity contribution in [1.82, 2.24) is 14.4 Å². The molecule has 1 fully saturated rings. The van der Waals surface area contributed by atoms with Gasteiger partial charge in [-0.15, -0.1) is 0 Å². The molecule has 0 atom stereocenters. The summed E-state index contributed by atoms with van der Waals surface area (Å²) in [6, 6.07) is 19.1. The minimum absolute atomic E-state index is 0.128. The Morgan fingerprint density at radius 2 is 1.69 bits per heavy atom. The average Bonchev–Trinajstić information content (AvgIpc) is 2.88. The molecule has 2 aromatic carbocycles. The molecule has 4 rings (SSSR count). The highest BCUT2D eigenvalue weighted by Crippen LogP contribution is 2.18. The van der Waals surface area contributed by atoms with Crippen molar-refractivity contribution in [2.75, 3.05) is 39.9 Å². The van der Waals surface area contributed by atoms with Crippen LogP contribution in [0.5, 0.6) is 5.75 Å². The molecule has 7 heteroatoms. The van der Waals surface area contributed by atoms with Crippen molar-refractivity contribution < 1.29 is 14.3 Å². The van der Waals surface area contributed by atoms with Crippen LogP contribution in [0.3, 0.4) is 0 Å². The Labute approximate surface area is 212 Å². The number of hydrogen-bond acceptors (Lipinski definition) is 5. The van der Waals surface area contributed by atoms with Gasteiger partial charge in [-0.2, -0.15) is 0 Å². The van der Waals surface area contributed by atoms with Crippen molar-refractivity contribution >= 4 is 5.91 Å². The van der Waals surface area contributed by atoms with E-state index in [2.05, 4.69) is 9.47 Å². The van der Waals surface area contributed by atoms with E-state index in [1.54, 1.807) is 18.0 Å². The molecule has 2 heterocycles. The van der Waals surface area contributed by atoms with Crippen molar-refractivity contribution in [1.29, 1.82) is 0 Å². The molecule has 0 N–H and O–H groups in total. The van der Waals surface area contributed by atoms with Gasteiger partial charge in [0.05, 0.1) is 18.9 Å². The lowest BCUT2D eigenvalue weighted by atomic mass is 10.1. The number of hydrogen-bond donors (Lipinski definition) is 0. The van der Waals surface area contributed by atoms with Gasteiger partial charge < -0.3 is 18.9 Å². The molecule has 7 nitrogen and oxygen atoms in total. The molecule has 0 spiro atoms. The fourth-order valence-corrected chi connectivity index (χ4v) is 4.49. The molecular formula is C29H35N3O4. The van der Waals surface area contributed by atoms with Crippen LogP contribution in [0.4, 0.5) is 0 Å². The van der Waals surface area contributed by atoms with E-state index >= 15 is 0 Å². The first-order valence-corrected chi connectivity index (χ1v) is 12.4. The van der Waals surface area contributed by atoms with Crippen LogP contribution in [0.2, 0.25) is 0 Å². The Bertz CT molecular complexity index is 1220. The predicted molar refractivity (Wildman–Crippen MR) is 140 cm³/mol. The summed E-state index contributed by atoms with van der Waals surface area (Å²) in [6.07, 6.45) is 0. The van der Waals surface area contributed by atoms with Crippen LogP contribution >= 0.6 is 0 Å². The zero-order valence-electron chi connectivity index (χ0n) is 21.4. The lowest BCUT2D eigenvalue weighted by Crippen LogP contribution is -2.39. The van der Waals surface area contributed by atoms with Crippen LogP contribution in [0.25, 0.3) is 0 Å². The molecule has 1 amide bonds. The third-order valence-corrected chi connectivity index (χ3v) is 6.59. The molecule has 0 saturated carbocycles. The smallest absolute Gasteiger partial charge is 0.259 e. The first-order valence-electron chi connectivity index (χ1n) is 12.4. The monoisotopic (exact) mass is 489 g/mol. The van der Waals surface area contributed by atoms with Gasteiger partial charge in [-0.05, 0) is 31.5 Å². The average molecular weight is 490 g/mol. The number of rotatable bonds is 9. The molecule has 1 aliphatic heterocycles. The lowest BCUT2D eigenvalue weighted by molar-refractivity contribution is 0.0361. The highest BCUT2D eigenvalue weighted by molar-refractivity contribution is 5.95. The molecule has 1 aromatic heterocycles. The molecule has 0 radical (unpaired) electrons. The van der Waals surface area contributed by atoms with Gasteiger partial charge in [0.1, 0.15) is 17.9 Å². The maximum absolute atomic E-state index is 13.6. The third kappa shape index (κ3) is 6.42. The number of aryl methyl sites for hydroxylation is 2. The van der Waals surface area contributed by atoms with Crippen molar-refractivity contribution in [3.8, 4) is 5.75 Å². The molecule has 190 valence electrons. The van der Waals surface area contributed by atoms with E-state index in [0.29, 0.717) is 24.5 Å². The number of amides is 1. The first-order chi connectivity index (χ1) is 17.4. The summed E-state index contributed by atoms with van der Waals surface area (Å²) in [5.74, 6) is 0.400. The molecule has 1 aliphatic rings. The summed E-state index contributed by atoms with van der Waals surface area (Å²) in [5.41, 5.74) is 3.47. The van der Waals surface area contributed by atoms with E-state index in [4.69, 9.17) is 9.47 Å². The lowest BCUT2D eigenvalue weighted by Gasteiger charge is -2.28. The number of carbonyl (C=O) groups is 1. The fraction of sp³-hybridized carbons (Fsp3) is 0.379. The highest BCUT2D eigenvalue weighted by atomic mass is 16.5. The molecule has 3 aromatic rings. The van der Waals surface area contributed by atoms with Gasteiger partial charge in [0.25, 0.3) is 5.91 Å². The summed E-state index contributed by atoms with van der Waals surface area (Å²) in [7, 11) is 1.73. The Kier molecular flexibility index (Phi) is 8.57. The first kappa shape index (κ1) is 25.7. The van der Waals surface area contributed by atoms with Gasteiger partial charge in [0, 0.05) is 51.5 Å². The molecule has 0 unspecified atom stereocenters. The Hall–Kier alpha value is -3.42. The number of aromatic nitrogens is 1. The molecule has 0 bridgehead atoms. The second-order valence-corrected chi connectivity index (χ2v) is 9.33. The SMILES string of the molecule is Cc1ccc(OCc2c(C(=O)N(C)Cc3ccccc3)c(=O)cc(C)n2CCN2CCOCC2)cc1. The van der Waals surface area contributed by atoms with Gasteiger partial charge in [-0.25, -0.2) is 0 Å². The third-order valence-electron chi connectivity index (χ3n) is 6.59. The zero-order valence-corrected chi connectivity index (χ0v) is 21.4. The van der Waals surface area contributed by atoms with Crippen LogP contribution in [-0.2, 0) is 24.4 Å². The van der Waals surface area contributed by atoms with E-state index in [-0.39, 0.29) is 23.5 Å². The number of morpholine rings is 1. The van der Waals surface area contributed by atoms with E-state index in [0.717, 1.165) is 49.7 Å². The summed E-state index contributed by atoms with van der Waals surface area (Å²) in [5, 5.41) is 0. The van der Waals surface area contributed by atoms with Crippen molar-refractivity contribution in [2.45, 2.75) is 33.5 Å². The van der Waals surface area contributed by atoms with Gasteiger partial charge in [-0.1, -0.05) is 48.0 Å². The minimum atomic E-state index is -0.300. The van der Waals surface area contributed by atoms with Gasteiger partial charge >= 0.3 is 0 Å². The standard InChI is InChI=1S/C29H35N3O4/c1-22-9-11-25(12-10-22)36-21-26-28(29(34)30(3)20-24-7-5-4-6-8-24)27(33)19-23(2)32(26)14-13-31-15-17-35-18-16-31/h4-12,19H,13-18,20-21H2,1-3H3. The van der Waals surface area contributed by atoms with Crippen molar-refractivity contribution in [3.05, 3.63) is 99.0 Å². The number of benzene rings is 2. The quantitative estimate of drug-likeness (QED) is 0.459. The Morgan fingerprint density at radius 1 is 1.00 bits per heavy atom. The van der Waals surface area contributed by atoms with Crippen LogP contribution in [0.15, 0.2) is 65.5 Å². The maximum Gasteiger partial charge on any atom is 0.259 e. The number of ether oxygens (including phenoxy) is 2. The van der Waals surface area contributed by atoms with Crippen LogP contribution < -0.4 is 10.2 Å². The van der Waals surface area contributed by atoms with E-state index in [9.17, 15) is 9.59 Å². The fourth-order valence-electron chi connectivity index (χ4n) is 4.49.